The fourth-order valence-electron chi connectivity index (χ4n) is 2.00. The van der Waals surface area contributed by atoms with E-state index in [1.807, 2.05) is 24.3 Å². The number of nitrogens with two attached hydrogens (primary N) is 1. The van der Waals surface area contributed by atoms with E-state index in [0.717, 1.165) is 25.3 Å². The summed E-state index contributed by atoms with van der Waals surface area (Å²) in [7, 11) is 0. The van der Waals surface area contributed by atoms with Gasteiger partial charge in [-0.1, -0.05) is 30.3 Å². The molecule has 1 heterocycles. The van der Waals surface area contributed by atoms with Crippen molar-refractivity contribution in [2.24, 2.45) is 5.73 Å². The summed E-state index contributed by atoms with van der Waals surface area (Å²) in [6, 6.07) is 16.0. The van der Waals surface area contributed by atoms with Crippen LogP contribution in [-0.4, -0.2) is 18.1 Å². The van der Waals surface area contributed by atoms with Crippen LogP contribution >= 0.6 is 0 Å². The van der Waals surface area contributed by atoms with Gasteiger partial charge in [0, 0.05) is 19.3 Å². The lowest BCUT2D eigenvalue weighted by Gasteiger charge is -2.23. The molecule has 20 heavy (non-hydrogen) atoms. The molecule has 0 saturated heterocycles. The van der Waals surface area contributed by atoms with Gasteiger partial charge in [0.25, 0.3) is 0 Å². The molecule has 0 unspecified atom stereocenters. The van der Waals surface area contributed by atoms with Crippen LogP contribution in [-0.2, 0) is 6.54 Å². The van der Waals surface area contributed by atoms with Crippen molar-refractivity contribution in [2.45, 2.75) is 13.0 Å². The second-order valence-corrected chi connectivity index (χ2v) is 4.57. The van der Waals surface area contributed by atoms with Gasteiger partial charge in [-0.25, -0.2) is 4.98 Å². The average Bonchev–Trinajstić information content (AvgIpc) is 2.52. The van der Waals surface area contributed by atoms with Crippen molar-refractivity contribution >= 4 is 5.82 Å². The van der Waals surface area contributed by atoms with Crippen LogP contribution in [0.15, 0.2) is 48.7 Å². The summed E-state index contributed by atoms with van der Waals surface area (Å²) in [5, 5.41) is 8.82. The zero-order chi connectivity index (χ0) is 14.2. The molecule has 4 nitrogen and oxygen atoms in total. The molecule has 2 rings (SSSR count). The largest absolute Gasteiger partial charge is 0.352 e. The third-order valence-electron chi connectivity index (χ3n) is 3.05. The Morgan fingerprint density at radius 2 is 1.95 bits per heavy atom. The van der Waals surface area contributed by atoms with E-state index in [4.69, 9.17) is 11.0 Å². The number of hydrogen-bond donors (Lipinski definition) is 1. The van der Waals surface area contributed by atoms with E-state index >= 15 is 0 Å². The van der Waals surface area contributed by atoms with Crippen molar-refractivity contribution in [3.05, 3.63) is 59.8 Å². The van der Waals surface area contributed by atoms with Gasteiger partial charge in [-0.05, 0) is 30.7 Å². The summed E-state index contributed by atoms with van der Waals surface area (Å²) >= 11 is 0. The molecule has 0 amide bonds. The van der Waals surface area contributed by atoms with Crippen LogP contribution < -0.4 is 10.6 Å². The van der Waals surface area contributed by atoms with Crippen LogP contribution in [0.4, 0.5) is 5.82 Å². The summed E-state index contributed by atoms with van der Waals surface area (Å²) in [6.45, 7) is 2.30. The van der Waals surface area contributed by atoms with Crippen molar-refractivity contribution in [1.29, 1.82) is 5.26 Å². The topological polar surface area (TPSA) is 65.9 Å². The van der Waals surface area contributed by atoms with E-state index in [1.54, 1.807) is 12.3 Å². The Balaban J connectivity index is 2.15. The number of anilines is 1. The minimum Gasteiger partial charge on any atom is -0.352 e. The summed E-state index contributed by atoms with van der Waals surface area (Å²) in [5.74, 6) is 0.876. The molecule has 2 aromatic rings. The predicted molar refractivity (Wildman–Crippen MR) is 80.1 cm³/mol. The maximum Gasteiger partial charge on any atom is 0.128 e. The molecule has 0 aliphatic heterocycles. The Bertz CT molecular complexity index is 557. The normalized spacial score (nSPS) is 10.0. The molecule has 4 heteroatoms. The number of hydrogen-bond acceptors (Lipinski definition) is 4. The van der Waals surface area contributed by atoms with Crippen molar-refractivity contribution in [3.63, 3.8) is 0 Å². The molecule has 1 aromatic heterocycles. The highest BCUT2D eigenvalue weighted by atomic mass is 15.2. The number of nitrogens with zero attached hydrogens (tertiary/aromatic N) is 3. The number of nitriles is 1. The van der Waals surface area contributed by atoms with E-state index in [2.05, 4.69) is 28.1 Å². The number of rotatable bonds is 6. The lowest BCUT2D eigenvalue weighted by Crippen LogP contribution is -2.26. The van der Waals surface area contributed by atoms with E-state index in [-0.39, 0.29) is 0 Å². The number of benzene rings is 1. The van der Waals surface area contributed by atoms with Gasteiger partial charge in [-0.2, -0.15) is 5.26 Å². The van der Waals surface area contributed by atoms with Crippen LogP contribution in [0, 0.1) is 11.3 Å². The first-order valence-corrected chi connectivity index (χ1v) is 6.68. The van der Waals surface area contributed by atoms with Gasteiger partial charge in [0.2, 0.25) is 0 Å². The number of aromatic nitrogens is 1. The quantitative estimate of drug-likeness (QED) is 0.871. The molecule has 102 valence electrons. The SMILES string of the molecule is N#Cc1ccc(N(CCCN)Cc2ccccc2)nc1. The maximum atomic E-state index is 8.82. The van der Waals surface area contributed by atoms with Gasteiger partial charge < -0.3 is 10.6 Å². The maximum absolute atomic E-state index is 8.82. The van der Waals surface area contributed by atoms with Crippen LogP contribution in [0.3, 0.4) is 0 Å². The standard InChI is InChI=1S/C16H18N4/c17-9-4-10-20(13-14-5-2-1-3-6-14)16-8-7-15(11-18)12-19-16/h1-3,5-8,12H,4,9-10,13,17H2. The molecule has 0 radical (unpaired) electrons. The van der Waals surface area contributed by atoms with Crippen molar-refractivity contribution < 1.29 is 0 Å². The Morgan fingerprint density at radius 3 is 2.55 bits per heavy atom. The first-order chi connectivity index (χ1) is 9.83. The summed E-state index contributed by atoms with van der Waals surface area (Å²) < 4.78 is 0. The zero-order valence-corrected chi connectivity index (χ0v) is 11.4. The second kappa shape index (κ2) is 7.27. The van der Waals surface area contributed by atoms with Gasteiger partial charge in [-0.3, -0.25) is 0 Å². The lowest BCUT2D eigenvalue weighted by molar-refractivity contribution is 0.726. The molecule has 1 aromatic carbocycles. The van der Waals surface area contributed by atoms with Crippen molar-refractivity contribution in [1.82, 2.24) is 4.98 Å². The molecular formula is C16H18N4. The fourth-order valence-corrected chi connectivity index (χ4v) is 2.00. The van der Waals surface area contributed by atoms with Crippen LogP contribution in [0.5, 0.6) is 0 Å². The minimum absolute atomic E-state index is 0.576. The van der Waals surface area contributed by atoms with Crippen molar-refractivity contribution in [3.8, 4) is 6.07 Å². The van der Waals surface area contributed by atoms with Crippen molar-refractivity contribution in [2.75, 3.05) is 18.0 Å². The molecule has 0 saturated carbocycles. The van der Waals surface area contributed by atoms with Gasteiger partial charge in [0.05, 0.1) is 5.56 Å². The average molecular weight is 266 g/mol. The first-order valence-electron chi connectivity index (χ1n) is 6.68. The first kappa shape index (κ1) is 14.0. The highest BCUT2D eigenvalue weighted by molar-refractivity contribution is 5.42. The lowest BCUT2D eigenvalue weighted by atomic mass is 10.2. The summed E-state index contributed by atoms with van der Waals surface area (Å²) in [5.41, 5.74) is 7.41. The van der Waals surface area contributed by atoms with Gasteiger partial charge in [-0.15, -0.1) is 0 Å². The van der Waals surface area contributed by atoms with Gasteiger partial charge in [0.15, 0.2) is 0 Å². The van der Waals surface area contributed by atoms with E-state index in [0.29, 0.717) is 12.1 Å². The van der Waals surface area contributed by atoms with Gasteiger partial charge in [0.1, 0.15) is 11.9 Å². The van der Waals surface area contributed by atoms with Crippen LogP contribution in [0.25, 0.3) is 0 Å². The summed E-state index contributed by atoms with van der Waals surface area (Å²) in [4.78, 5) is 6.55. The predicted octanol–water partition coefficient (Wildman–Crippen LogP) is 2.31. The zero-order valence-electron chi connectivity index (χ0n) is 11.4. The smallest absolute Gasteiger partial charge is 0.128 e. The summed E-state index contributed by atoms with van der Waals surface area (Å²) in [6.07, 6.45) is 2.52. The Kier molecular flexibility index (Phi) is 5.10. The minimum atomic E-state index is 0.576. The molecule has 0 aliphatic carbocycles. The molecule has 2 N–H and O–H groups in total. The van der Waals surface area contributed by atoms with Crippen LogP contribution in [0.2, 0.25) is 0 Å². The third kappa shape index (κ3) is 3.81. The molecule has 0 spiro atoms. The van der Waals surface area contributed by atoms with Gasteiger partial charge >= 0.3 is 0 Å². The molecule has 0 fully saturated rings. The van der Waals surface area contributed by atoms with E-state index in [9.17, 15) is 0 Å². The van der Waals surface area contributed by atoms with E-state index in [1.165, 1.54) is 5.56 Å². The highest BCUT2D eigenvalue weighted by Crippen LogP contribution is 2.15. The Labute approximate surface area is 119 Å². The molecule has 0 atom stereocenters. The van der Waals surface area contributed by atoms with Crippen LogP contribution in [0.1, 0.15) is 17.5 Å². The Hall–Kier alpha value is -2.38. The third-order valence-corrected chi connectivity index (χ3v) is 3.05. The fraction of sp³-hybridized carbons (Fsp3) is 0.250. The highest BCUT2D eigenvalue weighted by Gasteiger charge is 2.08. The monoisotopic (exact) mass is 266 g/mol. The molecule has 0 bridgehead atoms. The van der Waals surface area contributed by atoms with E-state index < -0.39 is 0 Å². The molecular weight excluding hydrogens is 248 g/mol. The molecule has 0 aliphatic rings. The Morgan fingerprint density at radius 1 is 1.15 bits per heavy atom. The second-order valence-electron chi connectivity index (χ2n) is 4.57. The number of pyridine rings is 1.